The van der Waals surface area contributed by atoms with Crippen LogP contribution in [0.5, 0.6) is 0 Å². The second-order valence-electron chi connectivity index (χ2n) is 16.4. The Hall–Kier alpha value is -5.79. The van der Waals surface area contributed by atoms with Crippen LogP contribution in [-0.2, 0) is 56.1 Å². The van der Waals surface area contributed by atoms with Crippen molar-refractivity contribution in [1.29, 1.82) is 0 Å². The number of amides is 6. The van der Waals surface area contributed by atoms with Crippen LogP contribution in [-0.4, -0.2) is 236 Å². The molecule has 1 aromatic rings. The van der Waals surface area contributed by atoms with Gasteiger partial charge in [-0.15, -0.1) is 0 Å². The molecule has 0 spiro atoms. The first-order chi connectivity index (χ1) is 31.9. The number of unbranched alkanes of at least 4 members (excludes halogenated alkanes) is 1. The summed E-state index contributed by atoms with van der Waals surface area (Å²) in [5, 5.41) is 41.5. The van der Waals surface area contributed by atoms with Gasteiger partial charge in [0.2, 0.25) is 11.8 Å². The van der Waals surface area contributed by atoms with E-state index >= 15 is 0 Å². The standard InChI is InChI=1S/C43H61N9O14S/c1-67-22-11-32(42(64)52(36(55)23-44)33(43(65)66)7-2-3-12-51-34(53)8-9-35(51)54)45-41(63)31-6-4-5-29-24-50(13-10-30(29)31)37(56)25-46-14-16-47(26-38(57)58)18-20-49(28-40(61)62)21-19-48(17-15-46)27-39(59)60/h4-6,8-9,32-33H,2-3,7,10-28,44H2,1H3,(H,45,63)(H,57,58)(H,59,60)(H,61,62)(H,65,66)/t32-,33-/m0/s1. The van der Waals surface area contributed by atoms with Gasteiger partial charge in [-0.2, -0.15) is 11.8 Å². The molecule has 2 atom stereocenters. The lowest BCUT2D eigenvalue weighted by atomic mass is 9.93. The van der Waals surface area contributed by atoms with E-state index in [-0.39, 0.29) is 142 Å². The molecule has 0 aromatic heterocycles. The Kier molecular flexibility index (Phi) is 21.3. The van der Waals surface area contributed by atoms with Crippen LogP contribution < -0.4 is 11.1 Å². The van der Waals surface area contributed by atoms with Crippen molar-refractivity contribution in [2.45, 2.75) is 50.7 Å². The summed E-state index contributed by atoms with van der Waals surface area (Å²) in [6.45, 7) is 0.572. The van der Waals surface area contributed by atoms with Crippen LogP contribution in [0.1, 0.15) is 47.2 Å². The second kappa shape index (κ2) is 26.5. The van der Waals surface area contributed by atoms with Gasteiger partial charge in [0.05, 0.1) is 32.7 Å². The molecular formula is C43H61N9O14S. The molecule has 3 aliphatic heterocycles. The van der Waals surface area contributed by atoms with E-state index in [1.165, 1.54) is 11.8 Å². The third-order valence-corrected chi connectivity index (χ3v) is 12.4. The van der Waals surface area contributed by atoms with E-state index in [0.717, 1.165) is 17.1 Å². The zero-order valence-corrected chi connectivity index (χ0v) is 38.4. The molecule has 368 valence electrons. The summed E-state index contributed by atoms with van der Waals surface area (Å²) in [4.78, 5) is 137. The van der Waals surface area contributed by atoms with Crippen LogP contribution in [0.2, 0.25) is 0 Å². The molecule has 0 radical (unpaired) electrons. The Morgan fingerprint density at radius 2 is 1.25 bits per heavy atom. The fourth-order valence-corrected chi connectivity index (χ4v) is 8.65. The van der Waals surface area contributed by atoms with Crippen molar-refractivity contribution in [3.05, 3.63) is 47.0 Å². The average molecular weight is 960 g/mol. The number of nitrogens with one attached hydrogen (secondary N) is 1. The van der Waals surface area contributed by atoms with Gasteiger partial charge in [0.1, 0.15) is 12.1 Å². The van der Waals surface area contributed by atoms with Gasteiger partial charge < -0.3 is 36.4 Å². The maximum atomic E-state index is 14.2. The predicted molar refractivity (Wildman–Crippen MR) is 241 cm³/mol. The van der Waals surface area contributed by atoms with E-state index in [1.807, 2.05) is 4.90 Å². The molecular weight excluding hydrogens is 899 g/mol. The van der Waals surface area contributed by atoms with Crippen LogP contribution in [0, 0.1) is 0 Å². The quantitative estimate of drug-likeness (QED) is 0.0529. The molecule has 0 saturated carbocycles. The third kappa shape index (κ3) is 16.5. The minimum Gasteiger partial charge on any atom is -0.480 e. The van der Waals surface area contributed by atoms with Gasteiger partial charge in [-0.05, 0) is 61.3 Å². The number of hydrogen-bond acceptors (Lipinski definition) is 16. The number of nitrogens with two attached hydrogens (primary N) is 1. The minimum atomic E-state index is -1.65. The lowest BCUT2D eigenvalue weighted by molar-refractivity contribution is -0.158. The van der Waals surface area contributed by atoms with Crippen molar-refractivity contribution in [3.63, 3.8) is 0 Å². The Bertz CT molecular complexity index is 1990. The number of aliphatic carboxylic acids is 4. The number of carboxylic acid groups (broad SMARTS) is 4. The third-order valence-electron chi connectivity index (χ3n) is 11.7. The average Bonchev–Trinajstić information content (AvgIpc) is 3.60. The molecule has 23 nitrogen and oxygen atoms in total. The van der Waals surface area contributed by atoms with Crippen molar-refractivity contribution in [3.8, 4) is 0 Å². The van der Waals surface area contributed by atoms with Crippen LogP contribution in [0.25, 0.3) is 0 Å². The van der Waals surface area contributed by atoms with Crippen LogP contribution in [0.3, 0.4) is 0 Å². The number of carboxylic acids is 4. The number of hydrogen-bond donors (Lipinski definition) is 6. The number of imide groups is 2. The fraction of sp³-hybridized carbons (Fsp3) is 0.581. The van der Waals surface area contributed by atoms with Gasteiger partial charge in [-0.1, -0.05) is 12.1 Å². The maximum absolute atomic E-state index is 14.2. The van der Waals surface area contributed by atoms with E-state index < -0.39 is 72.0 Å². The summed E-state index contributed by atoms with van der Waals surface area (Å²) >= 11 is 1.37. The molecule has 0 unspecified atom stereocenters. The largest absolute Gasteiger partial charge is 0.480 e. The van der Waals surface area contributed by atoms with Gasteiger partial charge >= 0.3 is 23.9 Å². The summed E-state index contributed by atoms with van der Waals surface area (Å²) in [6, 6.07) is 1.98. The fourth-order valence-electron chi connectivity index (χ4n) is 8.18. The van der Waals surface area contributed by atoms with Crippen molar-refractivity contribution in [2.24, 2.45) is 5.73 Å². The zero-order valence-electron chi connectivity index (χ0n) is 37.6. The number of nitrogens with zero attached hydrogens (tertiary/aromatic N) is 7. The second-order valence-corrected chi connectivity index (χ2v) is 17.4. The SMILES string of the molecule is CSCC[C@H](NC(=O)c1cccc2c1CCN(C(=O)CN1CCN(CC(=O)O)CCN(CC(=O)O)CCN(CC(=O)O)CC1)C2)C(=O)N(C(=O)CN)[C@@H](CCCCN1C(=O)C=CC1=O)C(=O)O. The number of benzene rings is 1. The number of carbonyl (C=O) groups is 10. The first-order valence-corrected chi connectivity index (χ1v) is 23.4. The number of fused-ring (bicyclic) bond motifs is 1. The highest BCUT2D eigenvalue weighted by Gasteiger charge is 2.39. The van der Waals surface area contributed by atoms with Crippen LogP contribution in [0.15, 0.2) is 30.4 Å². The summed E-state index contributed by atoms with van der Waals surface area (Å²) in [5.41, 5.74) is 7.17. The predicted octanol–water partition coefficient (Wildman–Crippen LogP) is -2.24. The monoisotopic (exact) mass is 959 g/mol. The lowest BCUT2D eigenvalue weighted by Crippen LogP contribution is -2.57. The topological polar surface area (TPSA) is 312 Å². The maximum Gasteiger partial charge on any atom is 0.326 e. The van der Waals surface area contributed by atoms with E-state index in [2.05, 4.69) is 5.32 Å². The lowest BCUT2D eigenvalue weighted by Gasteiger charge is -2.35. The highest BCUT2D eigenvalue weighted by molar-refractivity contribution is 7.98. The summed E-state index contributed by atoms with van der Waals surface area (Å²) in [5.74, 6) is -8.17. The molecule has 24 heteroatoms. The molecule has 6 amide bonds. The van der Waals surface area contributed by atoms with Gasteiger partial charge in [0, 0.05) is 89.7 Å². The van der Waals surface area contributed by atoms with Gasteiger partial charge in [0.25, 0.3) is 23.6 Å². The first-order valence-electron chi connectivity index (χ1n) is 22.0. The molecule has 67 heavy (non-hydrogen) atoms. The smallest absolute Gasteiger partial charge is 0.326 e. The first kappa shape index (κ1) is 53.8. The van der Waals surface area contributed by atoms with Crippen molar-refractivity contribution < 1.29 is 68.4 Å². The molecule has 1 saturated heterocycles. The normalized spacial score (nSPS) is 17.8. The van der Waals surface area contributed by atoms with Crippen molar-refractivity contribution in [1.82, 2.24) is 39.6 Å². The summed E-state index contributed by atoms with van der Waals surface area (Å²) in [7, 11) is 0. The van der Waals surface area contributed by atoms with E-state index in [4.69, 9.17) is 5.73 Å². The highest BCUT2D eigenvalue weighted by atomic mass is 32.2. The Labute approximate surface area is 391 Å². The minimum absolute atomic E-state index is 0.0110. The highest BCUT2D eigenvalue weighted by Crippen LogP contribution is 2.24. The van der Waals surface area contributed by atoms with Crippen LogP contribution >= 0.6 is 11.8 Å². The number of thioether (sulfide) groups is 1. The van der Waals surface area contributed by atoms with Crippen molar-refractivity contribution in [2.75, 3.05) is 110 Å². The van der Waals surface area contributed by atoms with E-state index in [0.29, 0.717) is 21.8 Å². The summed E-state index contributed by atoms with van der Waals surface area (Å²) in [6.07, 6.45) is 4.44. The Morgan fingerprint density at radius 1 is 0.731 bits per heavy atom. The van der Waals surface area contributed by atoms with Crippen LogP contribution in [0.4, 0.5) is 0 Å². The Balaban J connectivity index is 1.47. The Morgan fingerprint density at radius 3 is 1.73 bits per heavy atom. The molecule has 1 aromatic carbocycles. The number of rotatable bonds is 22. The molecule has 0 bridgehead atoms. The summed E-state index contributed by atoms with van der Waals surface area (Å²) < 4.78 is 0. The molecule has 0 aliphatic carbocycles. The molecule has 1 fully saturated rings. The van der Waals surface area contributed by atoms with Gasteiger partial charge in [0.15, 0.2) is 0 Å². The van der Waals surface area contributed by atoms with Crippen molar-refractivity contribution >= 4 is 71.1 Å². The van der Waals surface area contributed by atoms with E-state index in [1.54, 1.807) is 44.1 Å². The molecule has 3 aliphatic rings. The number of carbonyl (C=O) groups excluding carboxylic acids is 6. The van der Waals surface area contributed by atoms with Gasteiger partial charge in [-0.25, -0.2) is 4.79 Å². The zero-order chi connectivity index (χ0) is 49.2. The molecule has 4 rings (SSSR count). The molecule has 3 heterocycles. The van der Waals surface area contributed by atoms with E-state index in [9.17, 15) is 68.4 Å². The molecule has 7 N–H and O–H groups in total. The van der Waals surface area contributed by atoms with Gasteiger partial charge in [-0.3, -0.25) is 72.6 Å².